The van der Waals surface area contributed by atoms with Crippen molar-refractivity contribution in [2.24, 2.45) is 0 Å². The number of anilines is 1. The second kappa shape index (κ2) is 9.36. The predicted octanol–water partition coefficient (Wildman–Crippen LogP) is 1.89. The molecule has 1 fully saturated rings. The zero-order valence-electron chi connectivity index (χ0n) is 17.5. The van der Waals surface area contributed by atoms with E-state index in [1.54, 1.807) is 25.3 Å². The number of carbonyl (C=O) groups excluding carboxylic acids is 2. The fourth-order valence-corrected chi connectivity index (χ4v) is 4.57. The highest BCUT2D eigenvalue weighted by Crippen LogP contribution is 2.31. The summed E-state index contributed by atoms with van der Waals surface area (Å²) >= 11 is 0. The molecule has 0 unspecified atom stereocenters. The van der Waals surface area contributed by atoms with Crippen LogP contribution in [0.1, 0.15) is 18.4 Å². The van der Waals surface area contributed by atoms with E-state index >= 15 is 0 Å². The average Bonchev–Trinajstić information content (AvgIpc) is 3.11. The fourth-order valence-electron chi connectivity index (χ4n) is 3.35. The number of rotatable bonds is 9. The number of imide groups is 1. The van der Waals surface area contributed by atoms with Crippen molar-refractivity contribution in [3.63, 3.8) is 0 Å². The van der Waals surface area contributed by atoms with Crippen molar-refractivity contribution in [2.75, 3.05) is 32.8 Å². The van der Waals surface area contributed by atoms with Crippen LogP contribution < -0.4 is 23.8 Å². The van der Waals surface area contributed by atoms with Gasteiger partial charge in [0.15, 0.2) is 0 Å². The number of ether oxygens (including phenoxy) is 3. The van der Waals surface area contributed by atoms with Crippen LogP contribution in [0.15, 0.2) is 41.3 Å². The molecule has 2 aromatic carbocycles. The first-order chi connectivity index (χ1) is 14.8. The Hall–Kier alpha value is -3.11. The monoisotopic (exact) mass is 448 g/mol. The molecule has 9 nitrogen and oxygen atoms in total. The molecule has 0 spiro atoms. The third kappa shape index (κ3) is 4.80. The molecule has 0 bridgehead atoms. The second-order valence-corrected chi connectivity index (χ2v) is 8.52. The smallest absolute Gasteiger partial charge is 0.244 e. The van der Waals surface area contributed by atoms with Crippen molar-refractivity contribution in [1.29, 1.82) is 0 Å². The van der Waals surface area contributed by atoms with Gasteiger partial charge in [0.1, 0.15) is 22.1 Å². The van der Waals surface area contributed by atoms with Gasteiger partial charge in [-0.05, 0) is 48.4 Å². The van der Waals surface area contributed by atoms with E-state index in [1.165, 1.54) is 32.4 Å². The number of sulfonamides is 1. The molecule has 31 heavy (non-hydrogen) atoms. The first-order valence-corrected chi connectivity index (χ1v) is 11.0. The average molecular weight is 448 g/mol. The van der Waals surface area contributed by atoms with Gasteiger partial charge >= 0.3 is 0 Å². The van der Waals surface area contributed by atoms with Gasteiger partial charge in [-0.1, -0.05) is 0 Å². The molecule has 1 aliphatic heterocycles. The predicted molar refractivity (Wildman–Crippen MR) is 113 cm³/mol. The van der Waals surface area contributed by atoms with Crippen LogP contribution in [-0.4, -0.2) is 48.1 Å². The summed E-state index contributed by atoms with van der Waals surface area (Å²) < 4.78 is 44.2. The van der Waals surface area contributed by atoms with Gasteiger partial charge in [0.2, 0.25) is 21.8 Å². The molecule has 1 aliphatic rings. The summed E-state index contributed by atoms with van der Waals surface area (Å²) in [6.45, 7) is 0.0841. The Morgan fingerprint density at radius 3 is 2.16 bits per heavy atom. The largest absolute Gasteiger partial charge is 0.497 e. The molecule has 1 saturated heterocycles. The number of hydrogen-bond acceptors (Lipinski definition) is 7. The van der Waals surface area contributed by atoms with E-state index < -0.39 is 10.0 Å². The van der Waals surface area contributed by atoms with Gasteiger partial charge in [0.25, 0.3) is 0 Å². The Labute approximate surface area is 181 Å². The quantitative estimate of drug-likeness (QED) is 0.583. The molecular weight excluding hydrogens is 424 g/mol. The fraction of sp³-hybridized carbons (Fsp3) is 0.333. The molecule has 2 aromatic rings. The van der Waals surface area contributed by atoms with E-state index in [-0.39, 0.29) is 47.5 Å². The zero-order chi connectivity index (χ0) is 22.6. The summed E-state index contributed by atoms with van der Waals surface area (Å²) in [7, 11) is 0.436. The minimum absolute atomic E-state index is 0.0841. The standard InChI is InChI=1S/C21H24N2O7S/c1-28-16-5-7-17(29-2)14(12-16)10-11-22-31(26,27)19-13-15(4-6-18(19)30-3)23-20(24)8-9-21(23)25/h4-7,12-13,22H,8-11H2,1-3H3. The number of methoxy groups -OCH3 is 3. The summed E-state index contributed by atoms with van der Waals surface area (Å²) in [6.07, 6.45) is 0.561. The number of amides is 2. The molecule has 3 rings (SSSR count). The number of hydrogen-bond donors (Lipinski definition) is 1. The molecule has 0 radical (unpaired) electrons. The Morgan fingerprint density at radius 2 is 1.55 bits per heavy atom. The van der Waals surface area contributed by atoms with Crippen molar-refractivity contribution in [1.82, 2.24) is 4.72 Å². The van der Waals surface area contributed by atoms with Gasteiger partial charge in [-0.25, -0.2) is 13.1 Å². The first-order valence-electron chi connectivity index (χ1n) is 9.55. The topological polar surface area (TPSA) is 111 Å². The number of nitrogens with zero attached hydrogens (tertiary/aromatic N) is 1. The summed E-state index contributed by atoms with van der Waals surface area (Å²) in [6, 6.07) is 9.46. The summed E-state index contributed by atoms with van der Waals surface area (Å²) in [5.41, 5.74) is 0.974. The van der Waals surface area contributed by atoms with Crippen LogP contribution >= 0.6 is 0 Å². The lowest BCUT2D eigenvalue weighted by Crippen LogP contribution is -2.30. The molecule has 0 aliphatic carbocycles. The van der Waals surface area contributed by atoms with Crippen molar-refractivity contribution < 1.29 is 32.2 Å². The van der Waals surface area contributed by atoms with Gasteiger partial charge < -0.3 is 14.2 Å². The van der Waals surface area contributed by atoms with Crippen LogP contribution in [0.4, 0.5) is 5.69 Å². The molecule has 0 atom stereocenters. The normalized spacial score (nSPS) is 14.1. The van der Waals surface area contributed by atoms with Crippen LogP contribution in [0.2, 0.25) is 0 Å². The lowest BCUT2D eigenvalue weighted by Gasteiger charge is -2.17. The molecule has 2 amide bonds. The van der Waals surface area contributed by atoms with Gasteiger partial charge in [-0.15, -0.1) is 0 Å². The van der Waals surface area contributed by atoms with Gasteiger partial charge in [0.05, 0.1) is 27.0 Å². The Morgan fingerprint density at radius 1 is 0.903 bits per heavy atom. The van der Waals surface area contributed by atoms with Gasteiger partial charge in [-0.3, -0.25) is 14.5 Å². The second-order valence-electron chi connectivity index (χ2n) is 6.78. The van der Waals surface area contributed by atoms with Gasteiger partial charge in [0, 0.05) is 19.4 Å². The Balaban J connectivity index is 1.82. The van der Waals surface area contributed by atoms with E-state index in [1.807, 2.05) is 0 Å². The van der Waals surface area contributed by atoms with E-state index in [9.17, 15) is 18.0 Å². The lowest BCUT2D eigenvalue weighted by molar-refractivity contribution is -0.121. The highest BCUT2D eigenvalue weighted by molar-refractivity contribution is 7.89. The molecule has 1 N–H and O–H groups in total. The number of carbonyl (C=O) groups is 2. The van der Waals surface area contributed by atoms with E-state index in [0.717, 1.165) is 10.5 Å². The molecule has 0 saturated carbocycles. The van der Waals surface area contributed by atoms with E-state index in [0.29, 0.717) is 17.9 Å². The van der Waals surface area contributed by atoms with Crippen LogP contribution in [0.25, 0.3) is 0 Å². The summed E-state index contributed by atoms with van der Waals surface area (Å²) in [5.74, 6) is 0.626. The van der Waals surface area contributed by atoms with Crippen LogP contribution in [0.5, 0.6) is 17.2 Å². The van der Waals surface area contributed by atoms with E-state index in [2.05, 4.69) is 4.72 Å². The van der Waals surface area contributed by atoms with E-state index in [4.69, 9.17) is 14.2 Å². The lowest BCUT2D eigenvalue weighted by atomic mass is 10.1. The number of nitrogens with one attached hydrogen (secondary N) is 1. The number of benzene rings is 2. The van der Waals surface area contributed by atoms with Crippen molar-refractivity contribution in [2.45, 2.75) is 24.2 Å². The molecular formula is C21H24N2O7S. The maximum atomic E-state index is 13.0. The van der Waals surface area contributed by atoms with Crippen LogP contribution in [0, 0.1) is 0 Å². The first kappa shape index (κ1) is 22.6. The highest BCUT2D eigenvalue weighted by Gasteiger charge is 2.32. The third-order valence-electron chi connectivity index (χ3n) is 4.92. The Kier molecular flexibility index (Phi) is 6.81. The molecule has 0 aromatic heterocycles. The van der Waals surface area contributed by atoms with Crippen molar-refractivity contribution in [3.05, 3.63) is 42.0 Å². The minimum Gasteiger partial charge on any atom is -0.497 e. The summed E-state index contributed by atoms with van der Waals surface area (Å²) in [4.78, 5) is 24.9. The van der Waals surface area contributed by atoms with Crippen molar-refractivity contribution >= 4 is 27.5 Å². The minimum atomic E-state index is -3.99. The Bertz CT molecular complexity index is 1080. The van der Waals surface area contributed by atoms with Gasteiger partial charge in [-0.2, -0.15) is 0 Å². The maximum absolute atomic E-state index is 13.0. The summed E-state index contributed by atoms with van der Waals surface area (Å²) in [5, 5.41) is 0. The SMILES string of the molecule is COc1ccc(OC)c(CCNS(=O)(=O)c2cc(N3C(=O)CCC3=O)ccc2OC)c1. The third-order valence-corrected chi connectivity index (χ3v) is 6.40. The molecule has 10 heteroatoms. The molecule has 166 valence electrons. The highest BCUT2D eigenvalue weighted by atomic mass is 32.2. The van der Waals surface area contributed by atoms with Crippen molar-refractivity contribution in [3.8, 4) is 17.2 Å². The maximum Gasteiger partial charge on any atom is 0.244 e. The van der Waals surface area contributed by atoms with Crippen LogP contribution in [0.3, 0.4) is 0 Å². The van der Waals surface area contributed by atoms with Crippen LogP contribution in [-0.2, 0) is 26.0 Å². The zero-order valence-corrected chi connectivity index (χ0v) is 18.3. The molecule has 1 heterocycles.